The second kappa shape index (κ2) is 7.10. The zero-order valence-electron chi connectivity index (χ0n) is 12.3. The van der Waals surface area contributed by atoms with E-state index in [-0.39, 0.29) is 6.04 Å². The first kappa shape index (κ1) is 14.6. The molecule has 4 nitrogen and oxygen atoms in total. The van der Waals surface area contributed by atoms with Gasteiger partial charge in [-0.2, -0.15) is 0 Å². The van der Waals surface area contributed by atoms with Crippen molar-refractivity contribution < 1.29 is 9.15 Å². The smallest absolute Gasteiger partial charge is 0.137 e. The van der Waals surface area contributed by atoms with Crippen LogP contribution in [-0.2, 0) is 6.42 Å². The molecule has 4 heteroatoms. The SMILES string of the molecule is CCCNC(c1cncc(OC)c1)c1ccc(CC)o1. The summed E-state index contributed by atoms with van der Waals surface area (Å²) in [4.78, 5) is 4.23. The van der Waals surface area contributed by atoms with Crippen molar-refractivity contribution >= 4 is 0 Å². The number of pyridine rings is 1. The molecule has 0 bridgehead atoms. The molecule has 0 aliphatic rings. The Balaban J connectivity index is 2.30. The zero-order chi connectivity index (χ0) is 14.4. The number of aryl methyl sites for hydroxylation is 1. The molecule has 2 heterocycles. The predicted octanol–water partition coefficient (Wildman–Crippen LogP) is 3.33. The van der Waals surface area contributed by atoms with E-state index in [1.54, 1.807) is 13.3 Å². The number of rotatable bonds is 7. The average Bonchev–Trinajstić information content (AvgIpc) is 2.97. The summed E-state index contributed by atoms with van der Waals surface area (Å²) in [6.45, 7) is 5.15. The quantitative estimate of drug-likeness (QED) is 0.841. The lowest BCUT2D eigenvalue weighted by Gasteiger charge is -2.17. The van der Waals surface area contributed by atoms with Crippen LogP contribution >= 0.6 is 0 Å². The summed E-state index contributed by atoms with van der Waals surface area (Å²) in [5, 5.41) is 3.50. The van der Waals surface area contributed by atoms with Crippen molar-refractivity contribution in [2.75, 3.05) is 13.7 Å². The number of aromatic nitrogens is 1. The summed E-state index contributed by atoms with van der Waals surface area (Å²) in [6, 6.07) is 6.07. The summed E-state index contributed by atoms with van der Waals surface area (Å²) in [5.74, 6) is 2.68. The molecule has 1 atom stereocenters. The van der Waals surface area contributed by atoms with Crippen LogP contribution in [0.3, 0.4) is 0 Å². The van der Waals surface area contributed by atoms with Gasteiger partial charge in [0.2, 0.25) is 0 Å². The minimum Gasteiger partial charge on any atom is -0.495 e. The molecule has 20 heavy (non-hydrogen) atoms. The van der Waals surface area contributed by atoms with Crippen LogP contribution in [0.2, 0.25) is 0 Å². The Labute approximate surface area is 120 Å². The van der Waals surface area contributed by atoms with E-state index in [1.807, 2.05) is 24.4 Å². The maximum Gasteiger partial charge on any atom is 0.137 e. The van der Waals surface area contributed by atoms with E-state index in [9.17, 15) is 0 Å². The molecular weight excluding hydrogens is 252 g/mol. The van der Waals surface area contributed by atoms with E-state index in [2.05, 4.69) is 24.1 Å². The molecule has 0 saturated carbocycles. The summed E-state index contributed by atoms with van der Waals surface area (Å²) in [7, 11) is 1.65. The molecule has 2 aromatic heterocycles. The van der Waals surface area contributed by atoms with Crippen molar-refractivity contribution in [2.45, 2.75) is 32.7 Å². The number of methoxy groups -OCH3 is 1. The molecule has 0 saturated heterocycles. The summed E-state index contributed by atoms with van der Waals surface area (Å²) >= 11 is 0. The van der Waals surface area contributed by atoms with Crippen molar-refractivity contribution in [2.24, 2.45) is 0 Å². The third-order valence-corrected chi connectivity index (χ3v) is 3.22. The van der Waals surface area contributed by atoms with Gasteiger partial charge < -0.3 is 14.5 Å². The molecule has 0 aliphatic heterocycles. The normalized spacial score (nSPS) is 12.3. The van der Waals surface area contributed by atoms with Crippen molar-refractivity contribution in [1.82, 2.24) is 10.3 Å². The van der Waals surface area contributed by atoms with E-state index in [0.717, 1.165) is 42.2 Å². The number of nitrogens with one attached hydrogen (secondary N) is 1. The molecule has 2 rings (SSSR count). The van der Waals surface area contributed by atoms with Crippen molar-refractivity contribution in [3.8, 4) is 5.75 Å². The van der Waals surface area contributed by atoms with E-state index >= 15 is 0 Å². The first-order valence-corrected chi connectivity index (χ1v) is 7.09. The van der Waals surface area contributed by atoms with Gasteiger partial charge in [-0.05, 0) is 36.7 Å². The van der Waals surface area contributed by atoms with Gasteiger partial charge in [0.1, 0.15) is 17.3 Å². The van der Waals surface area contributed by atoms with Gasteiger partial charge in [0, 0.05) is 12.6 Å². The molecule has 0 radical (unpaired) electrons. The monoisotopic (exact) mass is 274 g/mol. The highest BCUT2D eigenvalue weighted by molar-refractivity contribution is 5.31. The fourth-order valence-corrected chi connectivity index (χ4v) is 2.12. The first-order chi connectivity index (χ1) is 9.78. The summed E-state index contributed by atoms with van der Waals surface area (Å²) in [5.41, 5.74) is 1.05. The molecule has 0 fully saturated rings. The molecule has 0 spiro atoms. The standard InChI is InChI=1S/C16H22N2O2/c1-4-8-18-16(15-7-6-13(5-2)20-15)12-9-14(19-3)11-17-10-12/h6-7,9-11,16,18H,4-5,8H2,1-3H3. The third-order valence-electron chi connectivity index (χ3n) is 3.22. The highest BCUT2D eigenvalue weighted by Crippen LogP contribution is 2.26. The van der Waals surface area contributed by atoms with Crippen LogP contribution in [0.4, 0.5) is 0 Å². The molecule has 0 aliphatic carbocycles. The molecule has 0 aromatic carbocycles. The van der Waals surface area contributed by atoms with Gasteiger partial charge in [-0.3, -0.25) is 4.98 Å². The Morgan fingerprint density at radius 2 is 2.15 bits per heavy atom. The Bertz CT molecular complexity index is 537. The van der Waals surface area contributed by atoms with Gasteiger partial charge in [0.15, 0.2) is 0 Å². The molecule has 1 unspecified atom stereocenters. The fourth-order valence-electron chi connectivity index (χ4n) is 2.12. The van der Waals surface area contributed by atoms with Crippen LogP contribution in [0.5, 0.6) is 5.75 Å². The van der Waals surface area contributed by atoms with E-state index in [1.165, 1.54) is 0 Å². The highest BCUT2D eigenvalue weighted by atomic mass is 16.5. The summed E-state index contributed by atoms with van der Waals surface area (Å²) in [6.07, 6.45) is 5.52. The van der Waals surface area contributed by atoms with Crippen molar-refractivity contribution in [1.29, 1.82) is 0 Å². The zero-order valence-corrected chi connectivity index (χ0v) is 12.3. The number of ether oxygens (including phenoxy) is 1. The lowest BCUT2D eigenvalue weighted by atomic mass is 10.1. The molecule has 108 valence electrons. The second-order valence-corrected chi connectivity index (χ2v) is 4.70. The Kier molecular flexibility index (Phi) is 5.18. The number of nitrogens with zero attached hydrogens (tertiary/aromatic N) is 1. The first-order valence-electron chi connectivity index (χ1n) is 7.09. The fraction of sp³-hybridized carbons (Fsp3) is 0.438. The third kappa shape index (κ3) is 3.39. The maximum absolute atomic E-state index is 5.89. The van der Waals surface area contributed by atoms with E-state index < -0.39 is 0 Å². The van der Waals surface area contributed by atoms with Crippen LogP contribution in [0.1, 0.15) is 43.4 Å². The van der Waals surface area contributed by atoms with Gasteiger partial charge in [-0.25, -0.2) is 0 Å². The minimum atomic E-state index is 0.0119. The number of hydrogen-bond donors (Lipinski definition) is 1. The topological polar surface area (TPSA) is 47.3 Å². The van der Waals surface area contributed by atoms with Gasteiger partial charge in [0.05, 0.1) is 19.3 Å². The van der Waals surface area contributed by atoms with Gasteiger partial charge in [-0.1, -0.05) is 13.8 Å². The molecular formula is C16H22N2O2. The lowest BCUT2D eigenvalue weighted by molar-refractivity contribution is 0.405. The van der Waals surface area contributed by atoms with Crippen LogP contribution in [0.25, 0.3) is 0 Å². The minimum absolute atomic E-state index is 0.0119. The second-order valence-electron chi connectivity index (χ2n) is 4.70. The Hall–Kier alpha value is -1.81. The van der Waals surface area contributed by atoms with Crippen molar-refractivity contribution in [3.05, 3.63) is 47.7 Å². The van der Waals surface area contributed by atoms with Crippen LogP contribution in [-0.4, -0.2) is 18.6 Å². The largest absolute Gasteiger partial charge is 0.495 e. The maximum atomic E-state index is 5.89. The highest BCUT2D eigenvalue weighted by Gasteiger charge is 2.18. The Morgan fingerprint density at radius 3 is 2.80 bits per heavy atom. The van der Waals surface area contributed by atoms with Crippen molar-refractivity contribution in [3.63, 3.8) is 0 Å². The van der Waals surface area contributed by atoms with Crippen LogP contribution in [0, 0.1) is 0 Å². The molecule has 2 aromatic rings. The van der Waals surface area contributed by atoms with Crippen LogP contribution < -0.4 is 10.1 Å². The van der Waals surface area contributed by atoms with E-state index in [0.29, 0.717) is 0 Å². The summed E-state index contributed by atoms with van der Waals surface area (Å²) < 4.78 is 11.1. The predicted molar refractivity (Wildman–Crippen MR) is 79.0 cm³/mol. The number of furan rings is 1. The van der Waals surface area contributed by atoms with Gasteiger partial charge >= 0.3 is 0 Å². The van der Waals surface area contributed by atoms with Gasteiger partial charge in [-0.15, -0.1) is 0 Å². The Morgan fingerprint density at radius 1 is 1.30 bits per heavy atom. The lowest BCUT2D eigenvalue weighted by Crippen LogP contribution is -2.23. The van der Waals surface area contributed by atoms with Crippen LogP contribution in [0.15, 0.2) is 35.0 Å². The number of hydrogen-bond acceptors (Lipinski definition) is 4. The van der Waals surface area contributed by atoms with E-state index in [4.69, 9.17) is 9.15 Å². The molecule has 0 amide bonds. The van der Waals surface area contributed by atoms with Gasteiger partial charge in [0.25, 0.3) is 0 Å². The molecule has 1 N–H and O–H groups in total. The average molecular weight is 274 g/mol.